The molecule has 2 heterocycles. The quantitative estimate of drug-likeness (QED) is 0.725. The Kier molecular flexibility index (Phi) is 5.24. The van der Waals surface area contributed by atoms with E-state index < -0.39 is 37.7 Å². The van der Waals surface area contributed by atoms with Gasteiger partial charge in [0.25, 0.3) is 0 Å². The first-order chi connectivity index (χ1) is 9.91. The average Bonchev–Trinajstić information content (AvgIpc) is 2.88. The van der Waals surface area contributed by atoms with E-state index >= 15 is 0 Å². The number of ether oxygens (including phenoxy) is 2. The van der Waals surface area contributed by atoms with Gasteiger partial charge < -0.3 is 13.9 Å². The molecule has 4 atom stereocenters. The second-order valence-corrected chi connectivity index (χ2v) is 13.4. The molecule has 6 nitrogen and oxygen atoms in total. The summed E-state index contributed by atoms with van der Waals surface area (Å²) in [5, 5.41) is 0.107. The highest BCUT2D eigenvalue weighted by molar-refractivity contribution is 7.75. The zero-order valence-electron chi connectivity index (χ0n) is 14.5. The van der Waals surface area contributed by atoms with E-state index in [-0.39, 0.29) is 11.1 Å². The van der Waals surface area contributed by atoms with Crippen LogP contribution in [0.15, 0.2) is 0 Å². The molecule has 0 amide bonds. The van der Waals surface area contributed by atoms with Crippen LogP contribution in [0.5, 0.6) is 0 Å². The van der Waals surface area contributed by atoms with Crippen LogP contribution in [-0.2, 0) is 33.6 Å². The largest absolute Gasteiger partial charge is 0.414 e. The molecule has 2 fully saturated rings. The van der Waals surface area contributed by atoms with E-state index in [0.29, 0.717) is 13.2 Å². The smallest absolute Gasteiger partial charge is 0.305 e. The van der Waals surface area contributed by atoms with Crippen molar-refractivity contribution in [2.24, 2.45) is 0 Å². The van der Waals surface area contributed by atoms with Crippen molar-refractivity contribution >= 4 is 19.7 Å². The SMILES string of the molecule is CC1(C)OC[C@H]([C@H]2OS(=O)O[C@@H]2CO[Si](C)(C)C(C)(C)C)O1. The van der Waals surface area contributed by atoms with Crippen LogP contribution in [0, 0.1) is 0 Å². The molecular weight excluding hydrogens is 324 g/mol. The van der Waals surface area contributed by atoms with Crippen molar-refractivity contribution in [3.63, 3.8) is 0 Å². The summed E-state index contributed by atoms with van der Waals surface area (Å²) in [5.74, 6) is -0.650. The van der Waals surface area contributed by atoms with Crippen LogP contribution >= 0.6 is 0 Å². The predicted octanol–water partition coefficient (Wildman–Crippen LogP) is 2.52. The van der Waals surface area contributed by atoms with E-state index in [0.717, 1.165) is 0 Å². The Morgan fingerprint density at radius 2 is 1.91 bits per heavy atom. The third-order valence-electron chi connectivity index (χ3n) is 4.57. The zero-order chi connectivity index (χ0) is 16.8. The van der Waals surface area contributed by atoms with Gasteiger partial charge in [0.05, 0.1) is 13.2 Å². The summed E-state index contributed by atoms with van der Waals surface area (Å²) in [7, 11) is -1.90. The number of hydrogen-bond donors (Lipinski definition) is 0. The van der Waals surface area contributed by atoms with Gasteiger partial charge in [-0.15, -0.1) is 0 Å². The zero-order valence-corrected chi connectivity index (χ0v) is 16.3. The fourth-order valence-corrected chi connectivity index (χ4v) is 3.99. The van der Waals surface area contributed by atoms with E-state index in [4.69, 9.17) is 22.3 Å². The van der Waals surface area contributed by atoms with Crippen molar-refractivity contribution in [1.82, 2.24) is 0 Å². The van der Waals surface area contributed by atoms with Gasteiger partial charge in [0, 0.05) is 0 Å². The van der Waals surface area contributed by atoms with Gasteiger partial charge in [-0.25, -0.2) is 0 Å². The van der Waals surface area contributed by atoms with Gasteiger partial charge in [0.2, 0.25) is 0 Å². The van der Waals surface area contributed by atoms with Crippen molar-refractivity contribution in [3.05, 3.63) is 0 Å². The second-order valence-electron chi connectivity index (χ2n) is 7.84. The second kappa shape index (κ2) is 6.23. The lowest BCUT2D eigenvalue weighted by molar-refractivity contribution is -0.151. The lowest BCUT2D eigenvalue weighted by Gasteiger charge is -2.37. The molecule has 2 aliphatic rings. The first-order valence-corrected chi connectivity index (χ1v) is 11.5. The highest BCUT2D eigenvalue weighted by Crippen LogP contribution is 2.38. The summed E-state index contributed by atoms with van der Waals surface area (Å²) in [4.78, 5) is 0. The van der Waals surface area contributed by atoms with Gasteiger partial charge in [-0.3, -0.25) is 8.37 Å². The van der Waals surface area contributed by atoms with Gasteiger partial charge in [0.1, 0.15) is 18.3 Å². The lowest BCUT2D eigenvalue weighted by Crippen LogP contribution is -2.46. The van der Waals surface area contributed by atoms with Crippen LogP contribution in [0.3, 0.4) is 0 Å². The van der Waals surface area contributed by atoms with Crippen molar-refractivity contribution < 1.29 is 26.5 Å². The van der Waals surface area contributed by atoms with Gasteiger partial charge in [-0.2, -0.15) is 4.21 Å². The molecule has 0 spiro atoms. The average molecular weight is 353 g/mol. The van der Waals surface area contributed by atoms with Crippen molar-refractivity contribution in [1.29, 1.82) is 0 Å². The molecule has 0 aliphatic carbocycles. The van der Waals surface area contributed by atoms with Crippen LogP contribution in [0.2, 0.25) is 18.1 Å². The number of hydrogen-bond acceptors (Lipinski definition) is 6. The molecule has 0 aromatic heterocycles. The molecule has 0 radical (unpaired) electrons. The van der Waals surface area contributed by atoms with E-state index in [9.17, 15) is 4.21 Å². The molecule has 2 saturated heterocycles. The van der Waals surface area contributed by atoms with Crippen LogP contribution in [0.25, 0.3) is 0 Å². The van der Waals surface area contributed by atoms with Crippen molar-refractivity contribution in [2.75, 3.05) is 13.2 Å². The highest BCUT2D eigenvalue weighted by Gasteiger charge is 2.48. The first kappa shape index (κ1) is 18.5. The summed E-state index contributed by atoms with van der Waals surface area (Å²) in [6.45, 7) is 15.3. The van der Waals surface area contributed by atoms with E-state index in [2.05, 4.69) is 33.9 Å². The van der Waals surface area contributed by atoms with Gasteiger partial charge in [-0.1, -0.05) is 20.8 Å². The Labute approximate surface area is 136 Å². The standard InChI is InChI=1S/C14H28O6SSi/c1-13(2,3)22(6,7)17-9-11-12(20-21(15)19-11)10-8-16-14(4,5)18-10/h10-12H,8-9H2,1-7H3/t10-,11-,12-,21?/m1/s1. The van der Waals surface area contributed by atoms with Crippen molar-refractivity contribution in [3.8, 4) is 0 Å². The van der Waals surface area contributed by atoms with Gasteiger partial charge >= 0.3 is 11.4 Å². The molecule has 2 aliphatic heterocycles. The van der Waals surface area contributed by atoms with Crippen LogP contribution < -0.4 is 0 Å². The summed E-state index contributed by atoms with van der Waals surface area (Å²) >= 11 is -1.75. The highest BCUT2D eigenvalue weighted by atomic mass is 32.2. The predicted molar refractivity (Wildman–Crippen MR) is 85.9 cm³/mol. The maximum absolute atomic E-state index is 11.6. The fraction of sp³-hybridized carbons (Fsp3) is 1.00. The van der Waals surface area contributed by atoms with Gasteiger partial charge in [0.15, 0.2) is 14.1 Å². The minimum atomic E-state index is -1.90. The van der Waals surface area contributed by atoms with Crippen LogP contribution in [0.4, 0.5) is 0 Å². The monoisotopic (exact) mass is 352 g/mol. The third kappa shape index (κ3) is 4.17. The molecule has 0 saturated carbocycles. The van der Waals surface area contributed by atoms with Gasteiger partial charge in [-0.05, 0) is 32.0 Å². The topological polar surface area (TPSA) is 63.2 Å². The lowest BCUT2D eigenvalue weighted by atomic mass is 10.1. The Bertz CT molecular complexity index is 434. The summed E-state index contributed by atoms with van der Waals surface area (Å²) in [5.41, 5.74) is 0. The third-order valence-corrected chi connectivity index (χ3v) is 9.85. The minimum absolute atomic E-state index is 0.107. The first-order valence-electron chi connectivity index (χ1n) is 7.63. The minimum Gasteiger partial charge on any atom is -0.414 e. The molecular formula is C14H28O6SSi. The summed E-state index contributed by atoms with van der Waals surface area (Å²) in [6.07, 6.45) is -1.14. The molecule has 0 bridgehead atoms. The summed E-state index contributed by atoms with van der Waals surface area (Å²) < 4.78 is 39.9. The van der Waals surface area contributed by atoms with E-state index in [1.165, 1.54) is 0 Å². The molecule has 0 N–H and O–H groups in total. The van der Waals surface area contributed by atoms with E-state index in [1.54, 1.807) is 0 Å². The number of rotatable bonds is 4. The molecule has 0 aromatic rings. The molecule has 0 aromatic carbocycles. The maximum atomic E-state index is 11.6. The van der Waals surface area contributed by atoms with Crippen molar-refractivity contribution in [2.45, 2.75) is 76.8 Å². The maximum Gasteiger partial charge on any atom is 0.305 e. The Morgan fingerprint density at radius 3 is 2.41 bits per heavy atom. The Morgan fingerprint density at radius 1 is 1.27 bits per heavy atom. The molecule has 1 unspecified atom stereocenters. The Hall–Kier alpha value is 0.167. The summed E-state index contributed by atoms with van der Waals surface area (Å²) in [6, 6.07) is 0. The molecule has 2 rings (SSSR count). The molecule has 22 heavy (non-hydrogen) atoms. The molecule has 8 heteroatoms. The Balaban J connectivity index is 1.99. The fourth-order valence-electron chi connectivity index (χ4n) is 2.14. The normalized spacial score (nSPS) is 36.0. The molecule has 130 valence electrons. The van der Waals surface area contributed by atoms with Crippen LogP contribution in [0.1, 0.15) is 34.6 Å². The van der Waals surface area contributed by atoms with E-state index in [1.807, 2.05) is 13.8 Å². The van der Waals surface area contributed by atoms with Crippen LogP contribution in [-0.4, -0.2) is 49.8 Å².